The molecule has 0 saturated heterocycles. The number of benzene rings is 2. The monoisotopic (exact) mass is 474 g/mol. The highest BCUT2D eigenvalue weighted by molar-refractivity contribution is 9.10. The third kappa shape index (κ3) is 3.84. The summed E-state index contributed by atoms with van der Waals surface area (Å²) in [5.41, 5.74) is 1.93. The summed E-state index contributed by atoms with van der Waals surface area (Å²) in [6.07, 6.45) is -0.790. The number of rotatable bonds is 3. The molecule has 1 aliphatic heterocycles. The van der Waals surface area contributed by atoms with Crippen molar-refractivity contribution in [2.75, 3.05) is 10.7 Å². The molecule has 0 saturated carbocycles. The number of fused-ring (bicyclic) bond motifs is 3. The maximum Gasteiger partial charge on any atom is 0.247 e. The van der Waals surface area contributed by atoms with E-state index in [2.05, 4.69) is 31.1 Å². The molecule has 0 aliphatic carbocycles. The lowest BCUT2D eigenvalue weighted by molar-refractivity contribution is -0.118. The molecule has 148 valence electrons. The second-order valence-corrected chi connectivity index (χ2v) is 8.40. The van der Waals surface area contributed by atoms with Gasteiger partial charge in [-0.05, 0) is 36.1 Å². The quantitative estimate of drug-likeness (QED) is 0.497. The fourth-order valence-corrected chi connectivity index (χ4v) is 3.88. The van der Waals surface area contributed by atoms with Gasteiger partial charge in [0.15, 0.2) is 5.69 Å². The summed E-state index contributed by atoms with van der Waals surface area (Å²) in [5.74, 6) is 0.268. The number of halogens is 2. The van der Waals surface area contributed by atoms with Crippen LogP contribution in [-0.2, 0) is 4.79 Å². The van der Waals surface area contributed by atoms with Crippen molar-refractivity contribution in [2.45, 2.75) is 25.2 Å². The number of hydrogen-bond acceptors (Lipinski definition) is 6. The molecular weight excluding hydrogens is 459 g/mol. The minimum atomic E-state index is -0.790. The zero-order chi connectivity index (χ0) is 20.5. The Kier molecular flexibility index (Phi) is 5.51. The zero-order valence-electron chi connectivity index (χ0n) is 15.6. The predicted octanol–water partition coefficient (Wildman–Crippen LogP) is 5.00. The summed E-state index contributed by atoms with van der Waals surface area (Å²) in [5, 5.41) is 8.82. The Labute approximate surface area is 179 Å². The molecule has 1 aromatic heterocycles. The summed E-state index contributed by atoms with van der Waals surface area (Å²) in [7, 11) is 0. The molecule has 0 fully saturated rings. The average molecular weight is 475 g/mol. The minimum absolute atomic E-state index is 0.208. The second-order valence-electron chi connectivity index (χ2n) is 6.25. The largest absolute Gasteiger partial charge is 0.447 e. The van der Waals surface area contributed by atoms with Gasteiger partial charge >= 0.3 is 0 Å². The number of aromatic nitrogens is 3. The van der Waals surface area contributed by atoms with Crippen LogP contribution >= 0.6 is 27.7 Å². The maximum absolute atomic E-state index is 14.1. The van der Waals surface area contributed by atoms with Crippen molar-refractivity contribution >= 4 is 39.3 Å². The Balaban J connectivity index is 1.96. The molecule has 1 amide bonds. The molecule has 0 spiro atoms. The van der Waals surface area contributed by atoms with E-state index in [9.17, 15) is 9.18 Å². The van der Waals surface area contributed by atoms with E-state index in [1.54, 1.807) is 6.07 Å². The van der Waals surface area contributed by atoms with Gasteiger partial charge in [0.2, 0.25) is 23.2 Å². The van der Waals surface area contributed by atoms with Gasteiger partial charge in [0.05, 0.1) is 5.69 Å². The molecule has 1 atom stereocenters. The molecule has 0 bridgehead atoms. The molecule has 2 heterocycles. The predicted molar refractivity (Wildman–Crippen MR) is 112 cm³/mol. The number of thioether (sulfide) groups is 1. The Morgan fingerprint density at radius 3 is 2.69 bits per heavy atom. The molecule has 0 unspecified atom stereocenters. The van der Waals surface area contributed by atoms with E-state index in [0.29, 0.717) is 22.1 Å². The summed E-state index contributed by atoms with van der Waals surface area (Å²) in [6.45, 7) is 3.42. The van der Waals surface area contributed by atoms with E-state index in [-0.39, 0.29) is 11.8 Å². The number of carbonyl (C=O) groups excluding carboxylic acids is 1. The Morgan fingerprint density at radius 2 is 2.00 bits per heavy atom. The van der Waals surface area contributed by atoms with Crippen LogP contribution in [0.5, 0.6) is 5.88 Å². The molecule has 29 heavy (non-hydrogen) atoms. The van der Waals surface area contributed by atoms with Gasteiger partial charge in [-0.3, -0.25) is 9.69 Å². The number of anilines is 1. The Hall–Kier alpha value is -2.52. The highest BCUT2D eigenvalue weighted by Crippen LogP contribution is 2.43. The number of nitrogens with zero attached hydrogens (tertiary/aromatic N) is 4. The van der Waals surface area contributed by atoms with E-state index >= 15 is 0 Å². The molecule has 2 aromatic carbocycles. The van der Waals surface area contributed by atoms with Gasteiger partial charge in [0.1, 0.15) is 5.82 Å². The van der Waals surface area contributed by atoms with Crippen LogP contribution in [0.3, 0.4) is 0 Å². The topological polar surface area (TPSA) is 68.2 Å². The van der Waals surface area contributed by atoms with Crippen LogP contribution in [0.1, 0.15) is 25.6 Å². The van der Waals surface area contributed by atoms with Crippen molar-refractivity contribution in [3.63, 3.8) is 0 Å². The van der Waals surface area contributed by atoms with Crippen molar-refractivity contribution in [1.29, 1.82) is 0 Å². The summed E-state index contributed by atoms with van der Waals surface area (Å²) in [4.78, 5) is 18.6. The van der Waals surface area contributed by atoms with E-state index in [1.165, 1.54) is 35.7 Å². The fourth-order valence-electron chi connectivity index (χ4n) is 3.11. The van der Waals surface area contributed by atoms with Gasteiger partial charge in [0, 0.05) is 22.5 Å². The average Bonchev–Trinajstić information content (AvgIpc) is 2.83. The van der Waals surface area contributed by atoms with Gasteiger partial charge in [0.25, 0.3) is 0 Å². The molecule has 1 aliphatic rings. The number of amides is 1. The lowest BCUT2D eigenvalue weighted by atomic mass is 10.1. The third-order valence-corrected chi connectivity index (χ3v) is 5.58. The lowest BCUT2D eigenvalue weighted by Crippen LogP contribution is -2.36. The highest BCUT2D eigenvalue weighted by atomic mass is 79.9. The Morgan fingerprint density at radius 1 is 1.24 bits per heavy atom. The van der Waals surface area contributed by atoms with Crippen LogP contribution in [0, 0.1) is 5.82 Å². The van der Waals surface area contributed by atoms with Crippen molar-refractivity contribution in [3.05, 3.63) is 58.3 Å². The van der Waals surface area contributed by atoms with Gasteiger partial charge in [-0.1, -0.05) is 46.7 Å². The standard InChI is InChI=1S/C20H16BrFN4O2S/c1-3-29-20-23-18-17(24-25-20)15-10-14(22)8-9-16(15)26(11(2)27)19(28-18)12-4-6-13(21)7-5-12/h4-10,19H,3H2,1-2H3/t19-/m1/s1. The molecule has 4 rings (SSSR count). The zero-order valence-corrected chi connectivity index (χ0v) is 18.0. The van der Waals surface area contributed by atoms with E-state index in [1.807, 2.05) is 31.2 Å². The molecular formula is C20H16BrFN4O2S. The number of carbonyl (C=O) groups is 1. The van der Waals surface area contributed by atoms with Gasteiger partial charge in [-0.15, -0.1) is 10.2 Å². The number of ether oxygens (including phenoxy) is 1. The third-order valence-electron chi connectivity index (χ3n) is 4.33. The molecule has 0 N–H and O–H groups in total. The van der Waals surface area contributed by atoms with Crippen LogP contribution < -0.4 is 9.64 Å². The summed E-state index contributed by atoms with van der Waals surface area (Å²) in [6, 6.07) is 11.6. The van der Waals surface area contributed by atoms with Crippen molar-refractivity contribution in [1.82, 2.24) is 15.2 Å². The second kappa shape index (κ2) is 8.08. The van der Waals surface area contributed by atoms with Crippen LogP contribution in [0.4, 0.5) is 10.1 Å². The lowest BCUT2D eigenvalue weighted by Gasteiger charge is -2.29. The number of hydrogen-bond donors (Lipinski definition) is 0. The van der Waals surface area contributed by atoms with Crippen LogP contribution in [0.2, 0.25) is 0 Å². The van der Waals surface area contributed by atoms with E-state index < -0.39 is 12.0 Å². The minimum Gasteiger partial charge on any atom is -0.447 e. The normalized spacial score (nSPS) is 15.2. The first kappa shape index (κ1) is 19.8. The van der Waals surface area contributed by atoms with Crippen LogP contribution in [-0.4, -0.2) is 26.8 Å². The first-order valence-corrected chi connectivity index (χ1v) is 10.6. The van der Waals surface area contributed by atoms with Crippen LogP contribution in [0.15, 0.2) is 52.1 Å². The van der Waals surface area contributed by atoms with Crippen molar-refractivity contribution < 1.29 is 13.9 Å². The SMILES string of the molecule is CCSc1nnc2c(n1)O[C@H](c1ccc(Br)cc1)N(C(C)=O)c1ccc(F)cc1-2. The molecule has 0 radical (unpaired) electrons. The van der Waals surface area contributed by atoms with E-state index in [0.717, 1.165) is 15.8 Å². The highest BCUT2D eigenvalue weighted by Gasteiger charge is 2.34. The molecule has 6 nitrogen and oxygen atoms in total. The van der Waals surface area contributed by atoms with Crippen molar-refractivity contribution in [3.8, 4) is 17.1 Å². The van der Waals surface area contributed by atoms with Gasteiger partial charge < -0.3 is 4.74 Å². The smallest absolute Gasteiger partial charge is 0.247 e. The maximum atomic E-state index is 14.1. The van der Waals surface area contributed by atoms with Gasteiger partial charge in [-0.2, -0.15) is 4.98 Å². The first-order valence-electron chi connectivity index (χ1n) is 8.87. The molecule has 9 heteroatoms. The van der Waals surface area contributed by atoms with Crippen molar-refractivity contribution in [2.24, 2.45) is 0 Å². The Bertz CT molecular complexity index is 1080. The summed E-state index contributed by atoms with van der Waals surface area (Å²) < 4.78 is 21.2. The first-order chi connectivity index (χ1) is 14.0. The fraction of sp³-hybridized carbons (Fsp3) is 0.200. The van der Waals surface area contributed by atoms with Gasteiger partial charge in [-0.25, -0.2) is 4.39 Å². The van der Waals surface area contributed by atoms with E-state index in [4.69, 9.17) is 4.74 Å². The van der Waals surface area contributed by atoms with Crippen LogP contribution in [0.25, 0.3) is 11.3 Å². The molecule has 3 aromatic rings. The summed E-state index contributed by atoms with van der Waals surface area (Å²) >= 11 is 4.84.